The Hall–Kier alpha value is -0.650. The SMILES string of the molecule is CCOC(=O)C(C)(N)CC(C)N1CC(C)(C)OC(C)(C)C1. The fourth-order valence-corrected chi connectivity index (χ4v) is 3.28. The summed E-state index contributed by atoms with van der Waals surface area (Å²) in [5.74, 6) is -0.330. The van der Waals surface area contributed by atoms with Crippen LogP contribution in [0.4, 0.5) is 0 Å². The van der Waals surface area contributed by atoms with E-state index in [2.05, 4.69) is 39.5 Å². The number of morpholine rings is 1. The zero-order valence-corrected chi connectivity index (χ0v) is 14.7. The van der Waals surface area contributed by atoms with Gasteiger partial charge in [0.1, 0.15) is 5.54 Å². The van der Waals surface area contributed by atoms with Crippen molar-refractivity contribution in [3.63, 3.8) is 0 Å². The molecule has 21 heavy (non-hydrogen) atoms. The molecular formula is C16H32N2O3. The lowest BCUT2D eigenvalue weighted by molar-refractivity contribution is -0.188. The van der Waals surface area contributed by atoms with Gasteiger partial charge in [0.05, 0.1) is 17.8 Å². The van der Waals surface area contributed by atoms with Crippen LogP contribution in [0.2, 0.25) is 0 Å². The zero-order chi connectivity index (χ0) is 16.5. The first-order chi connectivity index (χ1) is 9.38. The molecular weight excluding hydrogens is 268 g/mol. The van der Waals surface area contributed by atoms with Crippen LogP contribution in [0.5, 0.6) is 0 Å². The lowest BCUT2D eigenvalue weighted by Crippen LogP contribution is -2.61. The molecule has 124 valence electrons. The van der Waals surface area contributed by atoms with E-state index in [0.717, 1.165) is 13.1 Å². The van der Waals surface area contributed by atoms with Crippen molar-refractivity contribution in [3.8, 4) is 0 Å². The maximum Gasteiger partial charge on any atom is 0.325 e. The second-order valence-corrected chi connectivity index (χ2v) is 7.72. The van der Waals surface area contributed by atoms with Crippen LogP contribution in [-0.2, 0) is 14.3 Å². The summed E-state index contributed by atoms with van der Waals surface area (Å²) >= 11 is 0. The van der Waals surface area contributed by atoms with Gasteiger partial charge in [-0.15, -0.1) is 0 Å². The van der Waals surface area contributed by atoms with E-state index >= 15 is 0 Å². The Bertz CT molecular complexity index is 362. The molecule has 0 saturated carbocycles. The summed E-state index contributed by atoms with van der Waals surface area (Å²) in [6, 6.07) is 0.187. The summed E-state index contributed by atoms with van der Waals surface area (Å²) in [5.41, 5.74) is 4.79. The summed E-state index contributed by atoms with van der Waals surface area (Å²) in [7, 11) is 0. The summed E-state index contributed by atoms with van der Waals surface area (Å²) in [4.78, 5) is 14.3. The third kappa shape index (κ3) is 5.24. The average Bonchev–Trinajstić information content (AvgIpc) is 2.24. The first-order valence-electron chi connectivity index (χ1n) is 7.79. The van der Waals surface area contributed by atoms with Crippen LogP contribution in [0.25, 0.3) is 0 Å². The number of nitrogens with zero attached hydrogens (tertiary/aromatic N) is 1. The van der Waals surface area contributed by atoms with Crippen LogP contribution in [-0.4, -0.2) is 53.3 Å². The van der Waals surface area contributed by atoms with Gasteiger partial charge in [0.2, 0.25) is 0 Å². The number of carbonyl (C=O) groups is 1. The molecule has 1 rings (SSSR count). The van der Waals surface area contributed by atoms with Gasteiger partial charge in [-0.1, -0.05) is 0 Å². The fourth-order valence-electron chi connectivity index (χ4n) is 3.28. The van der Waals surface area contributed by atoms with Crippen molar-refractivity contribution >= 4 is 5.97 Å². The number of carbonyl (C=O) groups excluding carboxylic acids is 1. The Morgan fingerprint density at radius 1 is 1.33 bits per heavy atom. The predicted octanol–water partition coefficient (Wildman–Crippen LogP) is 1.93. The highest BCUT2D eigenvalue weighted by atomic mass is 16.5. The summed E-state index contributed by atoms with van der Waals surface area (Å²) in [6.45, 7) is 16.1. The van der Waals surface area contributed by atoms with E-state index in [1.165, 1.54) is 0 Å². The van der Waals surface area contributed by atoms with E-state index in [1.54, 1.807) is 13.8 Å². The van der Waals surface area contributed by atoms with Crippen LogP contribution >= 0.6 is 0 Å². The van der Waals surface area contributed by atoms with Gasteiger partial charge in [-0.25, -0.2) is 0 Å². The smallest absolute Gasteiger partial charge is 0.325 e. The van der Waals surface area contributed by atoms with Crippen LogP contribution in [0.3, 0.4) is 0 Å². The molecule has 0 bridgehead atoms. The van der Waals surface area contributed by atoms with Gasteiger partial charge in [-0.3, -0.25) is 9.69 Å². The highest BCUT2D eigenvalue weighted by Crippen LogP contribution is 2.30. The monoisotopic (exact) mass is 300 g/mol. The van der Waals surface area contributed by atoms with Crippen molar-refractivity contribution in [1.82, 2.24) is 4.90 Å². The molecule has 0 aromatic carbocycles. The van der Waals surface area contributed by atoms with Crippen LogP contribution in [0.1, 0.15) is 54.9 Å². The molecule has 0 spiro atoms. The molecule has 1 fully saturated rings. The zero-order valence-electron chi connectivity index (χ0n) is 14.7. The Balaban J connectivity index is 2.74. The van der Waals surface area contributed by atoms with Gasteiger partial charge in [-0.2, -0.15) is 0 Å². The first kappa shape index (κ1) is 18.4. The second-order valence-electron chi connectivity index (χ2n) is 7.72. The van der Waals surface area contributed by atoms with E-state index in [9.17, 15) is 4.79 Å². The van der Waals surface area contributed by atoms with Crippen molar-refractivity contribution in [2.24, 2.45) is 5.73 Å². The van der Waals surface area contributed by atoms with Gasteiger partial charge in [0.25, 0.3) is 0 Å². The Kier molecular flexibility index (Phi) is 5.45. The maximum absolute atomic E-state index is 11.9. The van der Waals surface area contributed by atoms with Crippen LogP contribution < -0.4 is 5.73 Å². The lowest BCUT2D eigenvalue weighted by Gasteiger charge is -2.49. The standard InChI is InChI=1S/C16H32N2O3/c1-8-20-13(19)16(7,17)9-12(2)18-10-14(3,4)21-15(5,6)11-18/h12H,8-11,17H2,1-7H3. The minimum Gasteiger partial charge on any atom is -0.465 e. The summed E-state index contributed by atoms with van der Waals surface area (Å²) in [6.07, 6.45) is 0.567. The summed E-state index contributed by atoms with van der Waals surface area (Å²) in [5, 5.41) is 0. The number of ether oxygens (including phenoxy) is 2. The molecule has 2 atom stereocenters. The van der Waals surface area contributed by atoms with E-state index in [1.807, 2.05) is 0 Å². The van der Waals surface area contributed by atoms with Crippen molar-refractivity contribution in [2.75, 3.05) is 19.7 Å². The number of hydrogen-bond donors (Lipinski definition) is 1. The third-order valence-electron chi connectivity index (χ3n) is 3.80. The molecule has 0 aliphatic carbocycles. The minimum atomic E-state index is -0.956. The fraction of sp³-hybridized carbons (Fsp3) is 0.938. The predicted molar refractivity (Wildman–Crippen MR) is 84.1 cm³/mol. The Morgan fingerprint density at radius 2 is 1.81 bits per heavy atom. The van der Waals surface area contributed by atoms with Crippen molar-refractivity contribution in [2.45, 2.75) is 77.7 Å². The molecule has 0 amide bonds. The number of rotatable bonds is 5. The summed E-state index contributed by atoms with van der Waals surface area (Å²) < 4.78 is 11.2. The molecule has 1 heterocycles. The van der Waals surface area contributed by atoms with E-state index in [-0.39, 0.29) is 23.2 Å². The van der Waals surface area contributed by atoms with E-state index < -0.39 is 5.54 Å². The molecule has 5 heteroatoms. The Labute approximate surface area is 129 Å². The highest BCUT2D eigenvalue weighted by molar-refractivity contribution is 5.80. The van der Waals surface area contributed by atoms with Crippen molar-refractivity contribution in [1.29, 1.82) is 0 Å². The molecule has 5 nitrogen and oxygen atoms in total. The highest BCUT2D eigenvalue weighted by Gasteiger charge is 2.41. The number of hydrogen-bond acceptors (Lipinski definition) is 5. The van der Waals surface area contributed by atoms with Gasteiger partial charge in [0.15, 0.2) is 0 Å². The number of nitrogens with two attached hydrogens (primary N) is 1. The normalized spacial score (nSPS) is 25.9. The average molecular weight is 300 g/mol. The van der Waals surface area contributed by atoms with Gasteiger partial charge >= 0.3 is 5.97 Å². The second kappa shape index (κ2) is 6.23. The number of esters is 1. The quantitative estimate of drug-likeness (QED) is 0.786. The lowest BCUT2D eigenvalue weighted by atomic mass is 9.91. The maximum atomic E-state index is 11.9. The van der Waals surface area contributed by atoms with E-state index in [4.69, 9.17) is 15.2 Å². The molecule has 1 aliphatic rings. The third-order valence-corrected chi connectivity index (χ3v) is 3.80. The molecule has 1 aliphatic heterocycles. The minimum absolute atomic E-state index is 0.187. The van der Waals surface area contributed by atoms with Crippen molar-refractivity contribution in [3.05, 3.63) is 0 Å². The largest absolute Gasteiger partial charge is 0.465 e. The topological polar surface area (TPSA) is 64.8 Å². The molecule has 0 radical (unpaired) electrons. The molecule has 1 saturated heterocycles. The molecule has 0 aromatic rings. The molecule has 2 N–H and O–H groups in total. The van der Waals surface area contributed by atoms with Gasteiger partial charge in [-0.05, 0) is 54.9 Å². The Morgan fingerprint density at radius 3 is 2.24 bits per heavy atom. The van der Waals surface area contributed by atoms with Crippen molar-refractivity contribution < 1.29 is 14.3 Å². The van der Waals surface area contributed by atoms with Gasteiger partial charge in [0, 0.05) is 19.1 Å². The van der Waals surface area contributed by atoms with E-state index in [0.29, 0.717) is 13.0 Å². The first-order valence-corrected chi connectivity index (χ1v) is 7.79. The van der Waals surface area contributed by atoms with Crippen LogP contribution in [0, 0.1) is 0 Å². The van der Waals surface area contributed by atoms with Gasteiger partial charge < -0.3 is 15.2 Å². The molecule has 0 aromatic heterocycles. The molecule has 2 unspecified atom stereocenters. The van der Waals surface area contributed by atoms with Crippen LogP contribution in [0.15, 0.2) is 0 Å².